The van der Waals surface area contributed by atoms with Gasteiger partial charge in [-0.3, -0.25) is 0 Å². The summed E-state index contributed by atoms with van der Waals surface area (Å²) in [6, 6.07) is 19.8. The van der Waals surface area contributed by atoms with Crippen LogP contribution in [0.1, 0.15) is 55.7 Å². The van der Waals surface area contributed by atoms with Crippen LogP contribution in [0, 0.1) is 5.92 Å². The number of hydrogen-bond acceptors (Lipinski definition) is 5. The Morgan fingerprint density at radius 3 is 2.42 bits per heavy atom. The van der Waals surface area contributed by atoms with E-state index in [0.29, 0.717) is 12.5 Å². The summed E-state index contributed by atoms with van der Waals surface area (Å²) < 4.78 is 12.0. The minimum Gasteiger partial charge on any atom is -0.494 e. The first-order valence-corrected chi connectivity index (χ1v) is 12.3. The largest absolute Gasteiger partial charge is 0.494 e. The lowest BCUT2D eigenvalue weighted by molar-refractivity contribution is -0.0239. The van der Waals surface area contributed by atoms with Crippen molar-refractivity contribution in [2.24, 2.45) is 5.92 Å². The summed E-state index contributed by atoms with van der Waals surface area (Å²) in [4.78, 5) is 6.85. The van der Waals surface area contributed by atoms with Gasteiger partial charge in [0.25, 0.3) is 0 Å². The number of para-hydroxylation sites is 1. The van der Waals surface area contributed by atoms with Crippen LogP contribution >= 0.6 is 0 Å². The van der Waals surface area contributed by atoms with Crippen LogP contribution in [-0.2, 0) is 12.0 Å². The summed E-state index contributed by atoms with van der Waals surface area (Å²) in [6.45, 7) is 2.52. The fraction of sp³-hybridized carbons (Fsp3) is 0.464. The molecule has 3 aromatic rings. The molecule has 1 N–H and O–H groups in total. The second-order valence-corrected chi connectivity index (χ2v) is 9.17. The number of ether oxygens (including phenoxy) is 1. The van der Waals surface area contributed by atoms with Gasteiger partial charge >= 0.3 is 0 Å². The Balaban J connectivity index is 1.32. The van der Waals surface area contributed by atoms with Gasteiger partial charge in [-0.1, -0.05) is 67.8 Å². The van der Waals surface area contributed by atoms with Gasteiger partial charge in [-0.2, -0.15) is 0 Å². The molecule has 1 aliphatic rings. The van der Waals surface area contributed by atoms with Gasteiger partial charge in [0.1, 0.15) is 11.5 Å². The number of oxazole rings is 1. The van der Waals surface area contributed by atoms with Crippen molar-refractivity contribution in [3.8, 4) is 5.75 Å². The summed E-state index contributed by atoms with van der Waals surface area (Å²) >= 11 is 0. The van der Waals surface area contributed by atoms with Gasteiger partial charge in [0.2, 0.25) is 5.89 Å². The van der Waals surface area contributed by atoms with Crippen molar-refractivity contribution in [2.75, 3.05) is 26.7 Å². The van der Waals surface area contributed by atoms with Gasteiger partial charge in [0.15, 0.2) is 5.60 Å². The molecule has 1 aliphatic carbocycles. The van der Waals surface area contributed by atoms with Crippen LogP contribution in [0.25, 0.3) is 0 Å². The Kier molecular flexibility index (Phi) is 8.19. The van der Waals surface area contributed by atoms with Crippen LogP contribution in [0.2, 0.25) is 0 Å². The first-order valence-electron chi connectivity index (χ1n) is 12.3. The zero-order valence-corrected chi connectivity index (χ0v) is 19.7. The van der Waals surface area contributed by atoms with E-state index in [-0.39, 0.29) is 5.92 Å². The van der Waals surface area contributed by atoms with E-state index in [2.05, 4.69) is 16.9 Å². The Labute approximate surface area is 197 Å². The molecule has 0 spiro atoms. The minimum absolute atomic E-state index is 0.132. The molecule has 33 heavy (non-hydrogen) atoms. The summed E-state index contributed by atoms with van der Waals surface area (Å²) in [5, 5.41) is 11.9. The standard InChI is InChI=1S/C28H36N2O3/c1-30(19-11-21-32-25-16-9-4-10-17-25)20-18-26-22-29-27(33-26)28(31,23-12-5-2-6-13-23)24-14-7-3-8-15-24/h2,4-6,9-10,12-13,16-17,22,24,31H,3,7-8,11,14-15,18-21H2,1H3. The molecular formula is C28H36N2O3. The van der Waals surface area contributed by atoms with E-state index in [0.717, 1.165) is 68.7 Å². The fourth-order valence-corrected chi connectivity index (χ4v) is 4.80. The molecule has 4 rings (SSSR count). The number of benzene rings is 2. The zero-order valence-electron chi connectivity index (χ0n) is 19.7. The molecule has 1 aromatic heterocycles. The quantitative estimate of drug-likeness (QED) is 0.396. The van der Waals surface area contributed by atoms with E-state index in [1.807, 2.05) is 60.7 Å². The molecule has 0 amide bonds. The van der Waals surface area contributed by atoms with E-state index in [1.165, 1.54) is 6.42 Å². The number of rotatable bonds is 11. The molecule has 0 radical (unpaired) electrons. The first kappa shape index (κ1) is 23.5. The second kappa shape index (κ2) is 11.5. The van der Waals surface area contributed by atoms with Gasteiger partial charge in [0, 0.05) is 25.4 Å². The predicted molar refractivity (Wildman–Crippen MR) is 130 cm³/mol. The van der Waals surface area contributed by atoms with Crippen molar-refractivity contribution in [1.82, 2.24) is 9.88 Å². The average Bonchev–Trinajstić information content (AvgIpc) is 3.36. The molecule has 2 aromatic carbocycles. The van der Waals surface area contributed by atoms with E-state index in [1.54, 1.807) is 6.20 Å². The van der Waals surface area contributed by atoms with Gasteiger partial charge in [-0.25, -0.2) is 4.98 Å². The number of aliphatic hydroxyl groups is 1. The number of likely N-dealkylation sites (N-methyl/N-ethyl adjacent to an activating group) is 1. The normalized spacial score (nSPS) is 16.6. The van der Waals surface area contributed by atoms with Crippen LogP contribution < -0.4 is 4.74 Å². The fourth-order valence-electron chi connectivity index (χ4n) is 4.80. The molecule has 5 nitrogen and oxygen atoms in total. The highest BCUT2D eigenvalue weighted by molar-refractivity contribution is 5.30. The Morgan fingerprint density at radius 2 is 1.70 bits per heavy atom. The molecule has 176 valence electrons. The van der Waals surface area contributed by atoms with Crippen molar-refractivity contribution in [2.45, 2.75) is 50.5 Å². The Hall–Kier alpha value is -2.63. The summed E-state index contributed by atoms with van der Waals surface area (Å²) in [5.41, 5.74) is -0.290. The molecule has 1 unspecified atom stereocenters. The Morgan fingerprint density at radius 1 is 1.00 bits per heavy atom. The van der Waals surface area contributed by atoms with E-state index < -0.39 is 5.60 Å². The van der Waals surface area contributed by atoms with Gasteiger partial charge in [-0.15, -0.1) is 0 Å². The monoisotopic (exact) mass is 448 g/mol. The van der Waals surface area contributed by atoms with Crippen LogP contribution in [0.3, 0.4) is 0 Å². The molecule has 0 aliphatic heterocycles. The maximum atomic E-state index is 11.9. The summed E-state index contributed by atoms with van der Waals surface area (Å²) in [6.07, 6.45) is 9.03. The van der Waals surface area contributed by atoms with E-state index in [9.17, 15) is 5.11 Å². The molecule has 0 bridgehead atoms. The molecular weight excluding hydrogens is 412 g/mol. The smallest absolute Gasteiger partial charge is 0.231 e. The highest BCUT2D eigenvalue weighted by Gasteiger charge is 2.44. The first-order chi connectivity index (χ1) is 16.2. The molecule has 0 saturated heterocycles. The maximum Gasteiger partial charge on any atom is 0.231 e. The lowest BCUT2D eigenvalue weighted by atomic mass is 9.73. The van der Waals surface area contributed by atoms with E-state index in [4.69, 9.17) is 9.15 Å². The minimum atomic E-state index is -1.17. The molecule has 1 saturated carbocycles. The Bertz CT molecular complexity index is 954. The zero-order chi connectivity index (χ0) is 22.9. The molecule has 1 fully saturated rings. The van der Waals surface area contributed by atoms with Crippen molar-refractivity contribution >= 4 is 0 Å². The third kappa shape index (κ3) is 6.04. The number of nitrogens with zero attached hydrogens (tertiary/aromatic N) is 2. The van der Waals surface area contributed by atoms with Crippen molar-refractivity contribution in [3.05, 3.63) is 84.1 Å². The van der Waals surface area contributed by atoms with E-state index >= 15 is 0 Å². The lowest BCUT2D eigenvalue weighted by Crippen LogP contribution is -2.38. The van der Waals surface area contributed by atoms with Crippen molar-refractivity contribution in [3.63, 3.8) is 0 Å². The average molecular weight is 449 g/mol. The summed E-state index contributed by atoms with van der Waals surface area (Å²) in [7, 11) is 2.11. The third-order valence-electron chi connectivity index (χ3n) is 6.73. The SMILES string of the molecule is CN(CCCOc1ccccc1)CCc1cnc(C(O)(c2ccccc2)C2CCCCC2)o1. The van der Waals surface area contributed by atoms with Crippen molar-refractivity contribution in [1.29, 1.82) is 0 Å². The van der Waals surface area contributed by atoms with Crippen LogP contribution in [0.4, 0.5) is 0 Å². The van der Waals surface area contributed by atoms with Crippen LogP contribution in [0.5, 0.6) is 5.75 Å². The topological polar surface area (TPSA) is 58.7 Å². The predicted octanol–water partition coefficient (Wildman–Crippen LogP) is 5.43. The molecule has 1 atom stereocenters. The molecule has 1 heterocycles. The number of hydrogen-bond donors (Lipinski definition) is 1. The van der Waals surface area contributed by atoms with Crippen LogP contribution in [0.15, 0.2) is 71.3 Å². The maximum absolute atomic E-state index is 11.9. The van der Waals surface area contributed by atoms with Crippen molar-refractivity contribution < 1.29 is 14.3 Å². The highest BCUT2D eigenvalue weighted by Crippen LogP contribution is 2.43. The van der Waals surface area contributed by atoms with Gasteiger partial charge < -0.3 is 19.2 Å². The lowest BCUT2D eigenvalue weighted by Gasteiger charge is -2.36. The second-order valence-electron chi connectivity index (χ2n) is 9.17. The highest BCUT2D eigenvalue weighted by atomic mass is 16.5. The van der Waals surface area contributed by atoms with Crippen LogP contribution in [-0.4, -0.2) is 41.7 Å². The summed E-state index contributed by atoms with van der Waals surface area (Å²) in [5.74, 6) is 2.31. The molecule has 5 heteroatoms. The third-order valence-corrected chi connectivity index (χ3v) is 6.73. The number of aromatic nitrogens is 1. The van der Waals surface area contributed by atoms with Gasteiger partial charge in [-0.05, 0) is 44.0 Å². The van der Waals surface area contributed by atoms with Gasteiger partial charge in [0.05, 0.1) is 12.8 Å².